The number of hydrogen-bond acceptors (Lipinski definition) is 3. The van der Waals surface area contributed by atoms with Crippen molar-refractivity contribution in [2.75, 3.05) is 18.2 Å². The molecule has 2 atom stereocenters. The summed E-state index contributed by atoms with van der Waals surface area (Å²) < 4.78 is 5.27. The highest BCUT2D eigenvalue weighted by molar-refractivity contribution is 5.68. The number of benzene rings is 1. The smallest absolute Gasteiger partial charge is 0.121 e. The standard InChI is InChI=1S/C16H26N2O/c1-11-7-12(10-16(2,3)9-11)18-15-8-13(19-4)5-6-14(15)17/h5-6,8,11-12,18H,7,9-10,17H2,1-4H3/t11-,12?/m0/s1. The van der Waals surface area contributed by atoms with Crippen LogP contribution >= 0.6 is 0 Å². The van der Waals surface area contributed by atoms with Crippen molar-refractivity contribution in [1.29, 1.82) is 0 Å². The number of anilines is 2. The lowest BCUT2D eigenvalue weighted by Crippen LogP contribution is -2.35. The summed E-state index contributed by atoms with van der Waals surface area (Å²) in [6.45, 7) is 7.04. The van der Waals surface area contributed by atoms with Gasteiger partial charge in [0.15, 0.2) is 0 Å². The molecule has 1 aliphatic rings. The average Bonchev–Trinajstić information content (AvgIpc) is 2.29. The Balaban J connectivity index is 2.12. The van der Waals surface area contributed by atoms with E-state index in [1.54, 1.807) is 7.11 Å². The Morgan fingerprint density at radius 1 is 1.32 bits per heavy atom. The van der Waals surface area contributed by atoms with E-state index >= 15 is 0 Å². The van der Waals surface area contributed by atoms with Crippen LogP contribution in [-0.2, 0) is 0 Å². The summed E-state index contributed by atoms with van der Waals surface area (Å²) in [5.41, 5.74) is 8.23. The van der Waals surface area contributed by atoms with E-state index in [2.05, 4.69) is 26.1 Å². The van der Waals surface area contributed by atoms with E-state index in [1.165, 1.54) is 19.3 Å². The summed E-state index contributed by atoms with van der Waals surface area (Å²) in [4.78, 5) is 0. The first-order valence-electron chi connectivity index (χ1n) is 7.10. The van der Waals surface area contributed by atoms with Gasteiger partial charge in [-0.05, 0) is 42.7 Å². The third-order valence-electron chi connectivity index (χ3n) is 4.01. The molecule has 0 amide bonds. The van der Waals surface area contributed by atoms with Crippen molar-refractivity contribution in [3.8, 4) is 5.75 Å². The molecule has 0 bridgehead atoms. The average molecular weight is 262 g/mol. The van der Waals surface area contributed by atoms with Gasteiger partial charge in [0.25, 0.3) is 0 Å². The maximum atomic E-state index is 6.05. The van der Waals surface area contributed by atoms with Crippen LogP contribution in [0, 0.1) is 11.3 Å². The normalized spacial score (nSPS) is 25.9. The van der Waals surface area contributed by atoms with Crippen LogP contribution < -0.4 is 15.8 Å². The number of hydrogen-bond donors (Lipinski definition) is 2. The van der Waals surface area contributed by atoms with Gasteiger partial charge in [-0.3, -0.25) is 0 Å². The van der Waals surface area contributed by atoms with Crippen LogP contribution in [0.5, 0.6) is 5.75 Å². The van der Waals surface area contributed by atoms with Gasteiger partial charge in [-0.1, -0.05) is 20.8 Å². The minimum atomic E-state index is 0.406. The van der Waals surface area contributed by atoms with Gasteiger partial charge in [-0.15, -0.1) is 0 Å². The van der Waals surface area contributed by atoms with E-state index in [1.807, 2.05) is 18.2 Å². The summed E-state index contributed by atoms with van der Waals surface area (Å²) in [5.74, 6) is 1.60. The van der Waals surface area contributed by atoms with Crippen LogP contribution in [0.2, 0.25) is 0 Å². The largest absolute Gasteiger partial charge is 0.497 e. The van der Waals surface area contributed by atoms with Gasteiger partial charge in [-0.2, -0.15) is 0 Å². The Bertz CT molecular complexity index is 442. The van der Waals surface area contributed by atoms with E-state index in [-0.39, 0.29) is 0 Å². The van der Waals surface area contributed by atoms with Crippen molar-refractivity contribution in [3.63, 3.8) is 0 Å². The number of rotatable bonds is 3. The molecule has 1 aliphatic carbocycles. The maximum absolute atomic E-state index is 6.05. The predicted octanol–water partition coefficient (Wildman–Crippen LogP) is 3.90. The van der Waals surface area contributed by atoms with E-state index in [0.717, 1.165) is 23.0 Å². The quantitative estimate of drug-likeness (QED) is 0.812. The van der Waals surface area contributed by atoms with Crippen LogP contribution in [0.25, 0.3) is 0 Å². The summed E-state index contributed by atoms with van der Waals surface area (Å²) >= 11 is 0. The molecule has 1 aromatic carbocycles. The van der Waals surface area contributed by atoms with Gasteiger partial charge < -0.3 is 15.8 Å². The van der Waals surface area contributed by atoms with Gasteiger partial charge in [0.1, 0.15) is 5.75 Å². The molecule has 0 heterocycles. The first-order chi connectivity index (χ1) is 8.89. The van der Waals surface area contributed by atoms with Crippen molar-refractivity contribution in [3.05, 3.63) is 18.2 Å². The Labute approximate surface area is 116 Å². The van der Waals surface area contributed by atoms with Crippen molar-refractivity contribution < 1.29 is 4.74 Å². The fourth-order valence-corrected chi connectivity index (χ4v) is 3.46. The molecule has 2 rings (SSSR count). The molecule has 106 valence electrons. The molecule has 19 heavy (non-hydrogen) atoms. The second-order valence-corrected chi connectivity index (χ2v) is 6.71. The van der Waals surface area contributed by atoms with Crippen LogP contribution in [-0.4, -0.2) is 13.2 Å². The number of ether oxygens (including phenoxy) is 1. The maximum Gasteiger partial charge on any atom is 0.121 e. The molecule has 0 radical (unpaired) electrons. The third kappa shape index (κ3) is 3.55. The molecular weight excluding hydrogens is 236 g/mol. The molecule has 3 N–H and O–H groups in total. The van der Waals surface area contributed by atoms with Crippen LogP contribution in [0.4, 0.5) is 11.4 Å². The second-order valence-electron chi connectivity index (χ2n) is 6.71. The van der Waals surface area contributed by atoms with Crippen molar-refractivity contribution in [2.24, 2.45) is 11.3 Å². The van der Waals surface area contributed by atoms with Crippen LogP contribution in [0.1, 0.15) is 40.0 Å². The van der Waals surface area contributed by atoms with Crippen LogP contribution in [0.3, 0.4) is 0 Å². The lowest BCUT2D eigenvalue weighted by molar-refractivity contribution is 0.178. The first kappa shape index (κ1) is 14.0. The van der Waals surface area contributed by atoms with E-state index in [0.29, 0.717) is 11.5 Å². The molecule has 0 aliphatic heterocycles. The molecular formula is C16H26N2O. The molecule has 1 saturated carbocycles. The summed E-state index contributed by atoms with van der Waals surface area (Å²) in [6, 6.07) is 6.28. The zero-order valence-electron chi connectivity index (χ0n) is 12.5. The van der Waals surface area contributed by atoms with Gasteiger partial charge in [-0.25, -0.2) is 0 Å². The van der Waals surface area contributed by atoms with Gasteiger partial charge in [0.05, 0.1) is 18.5 Å². The van der Waals surface area contributed by atoms with Crippen molar-refractivity contribution in [2.45, 2.75) is 46.1 Å². The van der Waals surface area contributed by atoms with Crippen molar-refractivity contribution >= 4 is 11.4 Å². The van der Waals surface area contributed by atoms with Gasteiger partial charge in [0.2, 0.25) is 0 Å². The summed E-state index contributed by atoms with van der Waals surface area (Å²) in [7, 11) is 1.68. The zero-order chi connectivity index (χ0) is 14.0. The van der Waals surface area contributed by atoms with Crippen LogP contribution in [0.15, 0.2) is 18.2 Å². The fraction of sp³-hybridized carbons (Fsp3) is 0.625. The van der Waals surface area contributed by atoms with Gasteiger partial charge in [0, 0.05) is 12.1 Å². The topological polar surface area (TPSA) is 47.3 Å². The highest BCUT2D eigenvalue weighted by Crippen LogP contribution is 2.40. The lowest BCUT2D eigenvalue weighted by Gasteiger charge is -2.39. The van der Waals surface area contributed by atoms with E-state index in [9.17, 15) is 0 Å². The molecule has 3 nitrogen and oxygen atoms in total. The monoisotopic (exact) mass is 262 g/mol. The first-order valence-corrected chi connectivity index (χ1v) is 7.10. The zero-order valence-corrected chi connectivity index (χ0v) is 12.5. The SMILES string of the molecule is COc1ccc(N)c(NC2C[C@H](C)CC(C)(C)C2)c1. The Kier molecular flexibility index (Phi) is 3.93. The Morgan fingerprint density at radius 2 is 2.05 bits per heavy atom. The molecule has 1 aromatic rings. The third-order valence-corrected chi connectivity index (χ3v) is 4.01. The fourth-order valence-electron chi connectivity index (χ4n) is 3.46. The molecule has 0 spiro atoms. The summed E-state index contributed by atoms with van der Waals surface area (Å²) in [5, 5.41) is 3.60. The molecule has 0 aromatic heterocycles. The minimum Gasteiger partial charge on any atom is -0.497 e. The molecule has 1 unspecified atom stereocenters. The number of nitrogen functional groups attached to an aromatic ring is 1. The molecule has 0 saturated heterocycles. The predicted molar refractivity (Wildman–Crippen MR) is 81.6 cm³/mol. The Hall–Kier alpha value is -1.38. The number of nitrogens with one attached hydrogen (secondary N) is 1. The van der Waals surface area contributed by atoms with E-state index in [4.69, 9.17) is 10.5 Å². The van der Waals surface area contributed by atoms with Gasteiger partial charge >= 0.3 is 0 Å². The molecule has 1 fully saturated rings. The van der Waals surface area contributed by atoms with Crippen molar-refractivity contribution in [1.82, 2.24) is 0 Å². The minimum absolute atomic E-state index is 0.406. The second kappa shape index (κ2) is 5.32. The number of nitrogens with two attached hydrogens (primary N) is 1. The molecule has 3 heteroatoms. The number of methoxy groups -OCH3 is 1. The lowest BCUT2D eigenvalue weighted by atomic mass is 9.70. The highest BCUT2D eigenvalue weighted by Gasteiger charge is 2.32. The summed E-state index contributed by atoms with van der Waals surface area (Å²) in [6.07, 6.45) is 3.70. The van der Waals surface area contributed by atoms with E-state index < -0.39 is 0 Å². The highest BCUT2D eigenvalue weighted by atomic mass is 16.5. The Morgan fingerprint density at radius 3 is 2.68 bits per heavy atom.